The molecule has 1 aromatic heterocycles. The van der Waals surface area contributed by atoms with Crippen LogP contribution in [0.4, 0.5) is 10.5 Å². The number of benzene rings is 2. The van der Waals surface area contributed by atoms with Gasteiger partial charge in [0.15, 0.2) is 0 Å². The fourth-order valence-electron chi connectivity index (χ4n) is 4.27. The normalized spacial score (nSPS) is 14.6. The lowest BCUT2D eigenvalue weighted by Crippen LogP contribution is -2.41. The number of hydrogen-bond donors (Lipinski definition) is 1. The van der Waals surface area contributed by atoms with Crippen molar-refractivity contribution in [2.75, 3.05) is 18.4 Å². The Balaban J connectivity index is 1.61. The smallest absolute Gasteiger partial charge is 0.410 e. The molecule has 1 fully saturated rings. The first kappa shape index (κ1) is 23.5. The Labute approximate surface area is 200 Å². The summed E-state index contributed by atoms with van der Waals surface area (Å²) in [5.74, 6) is -0.104. The predicted molar refractivity (Wildman–Crippen MR) is 132 cm³/mol. The monoisotopic (exact) mass is 460 g/mol. The molecule has 1 aliphatic rings. The van der Waals surface area contributed by atoms with Crippen LogP contribution in [0.2, 0.25) is 0 Å². The van der Waals surface area contributed by atoms with Gasteiger partial charge in [-0.15, -0.1) is 0 Å². The molecular formula is C27H32N4O3. The lowest BCUT2D eigenvalue weighted by atomic mass is 9.90. The third-order valence-electron chi connectivity index (χ3n) is 5.86. The van der Waals surface area contributed by atoms with Crippen LogP contribution in [-0.4, -0.2) is 45.4 Å². The lowest BCUT2D eigenvalue weighted by Gasteiger charge is -2.34. The standard InChI is InChI=1S/C27H32N4O3/c1-19-9-8-12-22(17-19)31-24(20-13-15-30(16-14-20)26(33)34-27(2,3)4)23(18-28-31)25(32)29-21-10-6-5-7-11-21/h5-12,17-18,20H,13-16H2,1-4H3,(H,29,32). The van der Waals surface area contributed by atoms with Crippen LogP contribution in [-0.2, 0) is 4.74 Å². The second kappa shape index (κ2) is 9.71. The van der Waals surface area contributed by atoms with Crippen molar-refractivity contribution < 1.29 is 14.3 Å². The first-order valence-corrected chi connectivity index (χ1v) is 11.7. The number of hydrogen-bond acceptors (Lipinski definition) is 4. The Morgan fingerprint density at radius 3 is 2.38 bits per heavy atom. The molecule has 7 nitrogen and oxygen atoms in total. The highest BCUT2D eigenvalue weighted by molar-refractivity contribution is 6.05. The number of carbonyl (C=O) groups excluding carboxylic acids is 2. The molecule has 0 radical (unpaired) electrons. The van der Waals surface area contributed by atoms with Crippen molar-refractivity contribution in [2.45, 2.75) is 52.1 Å². The van der Waals surface area contributed by atoms with Crippen LogP contribution in [0.3, 0.4) is 0 Å². The Hall–Kier alpha value is -3.61. The van der Waals surface area contributed by atoms with Gasteiger partial charge in [0.1, 0.15) is 5.60 Å². The summed E-state index contributed by atoms with van der Waals surface area (Å²) in [4.78, 5) is 27.6. The molecule has 34 heavy (non-hydrogen) atoms. The van der Waals surface area contributed by atoms with E-state index >= 15 is 0 Å². The van der Waals surface area contributed by atoms with Crippen molar-refractivity contribution in [3.63, 3.8) is 0 Å². The third-order valence-corrected chi connectivity index (χ3v) is 5.86. The van der Waals surface area contributed by atoms with Gasteiger partial charge in [0.2, 0.25) is 0 Å². The molecule has 0 aliphatic carbocycles. The molecule has 0 unspecified atom stereocenters. The zero-order valence-corrected chi connectivity index (χ0v) is 20.2. The first-order valence-electron chi connectivity index (χ1n) is 11.7. The fourth-order valence-corrected chi connectivity index (χ4v) is 4.27. The topological polar surface area (TPSA) is 76.5 Å². The van der Waals surface area contributed by atoms with Crippen LogP contribution in [0.1, 0.15) is 61.1 Å². The third kappa shape index (κ3) is 5.47. The summed E-state index contributed by atoms with van der Waals surface area (Å²) in [5, 5.41) is 7.61. The Kier molecular flexibility index (Phi) is 6.72. The predicted octanol–water partition coefficient (Wildman–Crippen LogP) is 5.55. The van der Waals surface area contributed by atoms with E-state index in [1.807, 2.05) is 80.9 Å². The van der Waals surface area contributed by atoms with Crippen LogP contribution in [0.15, 0.2) is 60.8 Å². The van der Waals surface area contributed by atoms with E-state index in [9.17, 15) is 9.59 Å². The number of piperidine rings is 1. The van der Waals surface area contributed by atoms with Crippen LogP contribution >= 0.6 is 0 Å². The molecule has 0 bridgehead atoms. The maximum Gasteiger partial charge on any atom is 0.410 e. The summed E-state index contributed by atoms with van der Waals surface area (Å²) >= 11 is 0. The van der Waals surface area contributed by atoms with Crippen LogP contribution in [0, 0.1) is 6.92 Å². The van der Waals surface area contributed by atoms with E-state index in [-0.39, 0.29) is 17.9 Å². The molecule has 1 N–H and O–H groups in total. The van der Waals surface area contributed by atoms with Gasteiger partial charge < -0.3 is 15.0 Å². The number of nitrogens with one attached hydrogen (secondary N) is 1. The van der Waals surface area contributed by atoms with E-state index in [2.05, 4.69) is 16.5 Å². The molecule has 4 rings (SSSR count). The van der Waals surface area contributed by atoms with E-state index in [4.69, 9.17) is 4.74 Å². The molecule has 0 saturated carbocycles. The quantitative estimate of drug-likeness (QED) is 0.554. The van der Waals surface area contributed by atoms with Gasteiger partial charge in [0.25, 0.3) is 5.91 Å². The fraction of sp³-hybridized carbons (Fsp3) is 0.370. The summed E-state index contributed by atoms with van der Waals surface area (Å²) in [6.07, 6.45) is 2.81. The minimum atomic E-state index is -0.527. The average Bonchev–Trinajstić information content (AvgIpc) is 3.24. The summed E-state index contributed by atoms with van der Waals surface area (Å²) in [5.41, 5.74) is 3.68. The van der Waals surface area contributed by atoms with Crippen molar-refractivity contribution >= 4 is 17.7 Å². The average molecular weight is 461 g/mol. The molecule has 0 atom stereocenters. The molecule has 7 heteroatoms. The van der Waals surface area contributed by atoms with Gasteiger partial charge in [-0.3, -0.25) is 4.79 Å². The highest BCUT2D eigenvalue weighted by atomic mass is 16.6. The van der Waals surface area contributed by atoms with Crippen LogP contribution in [0.25, 0.3) is 5.69 Å². The molecule has 0 spiro atoms. The van der Waals surface area contributed by atoms with Crippen LogP contribution in [0.5, 0.6) is 0 Å². The van der Waals surface area contributed by atoms with Gasteiger partial charge in [-0.05, 0) is 70.4 Å². The van der Waals surface area contributed by atoms with Gasteiger partial charge in [0.05, 0.1) is 23.1 Å². The SMILES string of the molecule is Cc1cccc(-n2ncc(C(=O)Nc3ccccc3)c2C2CCN(C(=O)OC(C)(C)C)CC2)c1. The summed E-state index contributed by atoms with van der Waals surface area (Å²) in [7, 11) is 0. The molecule has 2 heterocycles. The zero-order valence-electron chi connectivity index (χ0n) is 20.2. The van der Waals surface area contributed by atoms with Crippen molar-refractivity contribution in [1.29, 1.82) is 0 Å². The number of rotatable bonds is 4. The maximum absolute atomic E-state index is 13.3. The minimum absolute atomic E-state index is 0.0817. The maximum atomic E-state index is 13.3. The van der Waals surface area contributed by atoms with Crippen molar-refractivity contribution in [3.05, 3.63) is 77.6 Å². The van der Waals surface area contributed by atoms with Crippen molar-refractivity contribution in [3.8, 4) is 5.69 Å². The van der Waals surface area contributed by atoms with E-state index < -0.39 is 5.60 Å². The summed E-state index contributed by atoms with van der Waals surface area (Å²) < 4.78 is 7.42. The number of aryl methyl sites for hydroxylation is 1. The van der Waals surface area contributed by atoms with Gasteiger partial charge in [-0.2, -0.15) is 5.10 Å². The van der Waals surface area contributed by atoms with Crippen molar-refractivity contribution in [1.82, 2.24) is 14.7 Å². The second-order valence-corrected chi connectivity index (χ2v) is 9.76. The van der Waals surface area contributed by atoms with Crippen LogP contribution < -0.4 is 5.32 Å². The number of para-hydroxylation sites is 1. The lowest BCUT2D eigenvalue weighted by molar-refractivity contribution is 0.0203. The Morgan fingerprint density at radius 1 is 1.03 bits per heavy atom. The second-order valence-electron chi connectivity index (χ2n) is 9.76. The van der Waals surface area contributed by atoms with Crippen molar-refractivity contribution in [2.24, 2.45) is 0 Å². The molecule has 1 saturated heterocycles. The van der Waals surface area contributed by atoms with E-state index in [0.29, 0.717) is 18.7 Å². The van der Waals surface area contributed by atoms with E-state index in [1.54, 1.807) is 11.1 Å². The summed E-state index contributed by atoms with van der Waals surface area (Å²) in [6, 6.07) is 17.5. The number of anilines is 1. The molecule has 2 aromatic carbocycles. The Bertz CT molecular complexity index is 1160. The van der Waals surface area contributed by atoms with Gasteiger partial charge >= 0.3 is 6.09 Å². The van der Waals surface area contributed by atoms with Gasteiger partial charge in [-0.1, -0.05) is 30.3 Å². The zero-order chi connectivity index (χ0) is 24.3. The molecule has 178 valence electrons. The Morgan fingerprint density at radius 2 is 1.74 bits per heavy atom. The summed E-state index contributed by atoms with van der Waals surface area (Å²) in [6.45, 7) is 8.78. The molecular weight excluding hydrogens is 428 g/mol. The largest absolute Gasteiger partial charge is 0.444 e. The van der Waals surface area contributed by atoms with E-state index in [0.717, 1.165) is 35.5 Å². The highest BCUT2D eigenvalue weighted by Crippen LogP contribution is 2.33. The van der Waals surface area contributed by atoms with Gasteiger partial charge in [-0.25, -0.2) is 9.48 Å². The molecule has 3 aromatic rings. The minimum Gasteiger partial charge on any atom is -0.444 e. The number of ether oxygens (including phenoxy) is 1. The van der Waals surface area contributed by atoms with E-state index in [1.165, 1.54) is 0 Å². The number of aromatic nitrogens is 2. The molecule has 1 aliphatic heterocycles. The number of carbonyl (C=O) groups is 2. The highest BCUT2D eigenvalue weighted by Gasteiger charge is 2.32. The number of amides is 2. The number of nitrogens with zero attached hydrogens (tertiary/aromatic N) is 3. The molecule has 2 amide bonds. The number of likely N-dealkylation sites (tertiary alicyclic amines) is 1. The van der Waals surface area contributed by atoms with Gasteiger partial charge in [0, 0.05) is 24.7 Å². The first-order chi connectivity index (χ1) is 16.2.